The fraction of sp³-hybridized carbons (Fsp3) is 0.694. The van der Waals surface area contributed by atoms with Gasteiger partial charge in [0.25, 0.3) is 0 Å². The van der Waals surface area contributed by atoms with Crippen LogP contribution in [0.3, 0.4) is 0 Å². The van der Waals surface area contributed by atoms with Crippen molar-refractivity contribution in [2.45, 2.75) is 264 Å². The molecule has 0 spiro atoms. The number of hydrogen-bond donors (Lipinski definition) is 0. The van der Waals surface area contributed by atoms with Gasteiger partial charge in [-0.3, -0.25) is 14.4 Å². The van der Waals surface area contributed by atoms with E-state index in [9.17, 15) is 14.4 Å². The van der Waals surface area contributed by atoms with E-state index in [2.05, 4.69) is 112 Å². The van der Waals surface area contributed by atoms with E-state index in [1.165, 1.54) is 122 Å². The molecular formula is C62H104O6. The summed E-state index contributed by atoms with van der Waals surface area (Å²) in [5.74, 6) is -1.00. The van der Waals surface area contributed by atoms with E-state index in [0.29, 0.717) is 19.3 Å². The first kappa shape index (κ1) is 64.3. The molecule has 0 fully saturated rings. The summed E-state index contributed by atoms with van der Waals surface area (Å²) in [6.45, 7) is 6.44. The standard InChI is InChI=1S/C62H104O6/c1-4-7-10-13-16-19-22-25-28-30-31-33-34-37-40-43-46-49-52-55-61(64)67-58-59(57-66-60(63)54-51-48-45-42-39-36-27-24-21-18-15-12-9-6-3)68-62(65)56-53-50-47-44-41-38-35-32-29-26-23-20-17-14-11-8-5-2/h7,10,16,19,24-29,31,33,37,40,46,49,59H,4-6,8-9,11-15,17-18,20-23,30,32,34-36,38-39,41-45,47-48,50-58H2,1-3H3/b10-7-,19-16-,27-24-,28-25-,29-26-,33-31-,40-37-,49-46-. The second-order valence-electron chi connectivity index (χ2n) is 18.5. The fourth-order valence-electron chi connectivity index (χ4n) is 7.57. The summed E-state index contributed by atoms with van der Waals surface area (Å²) in [5.41, 5.74) is 0. The molecule has 0 aliphatic rings. The molecule has 1 atom stereocenters. The molecule has 0 bridgehead atoms. The van der Waals surface area contributed by atoms with Gasteiger partial charge >= 0.3 is 17.9 Å². The van der Waals surface area contributed by atoms with Crippen molar-refractivity contribution in [3.63, 3.8) is 0 Å². The summed E-state index contributed by atoms with van der Waals surface area (Å²) >= 11 is 0. The van der Waals surface area contributed by atoms with Gasteiger partial charge < -0.3 is 14.2 Å². The minimum Gasteiger partial charge on any atom is -0.462 e. The molecular weight excluding hydrogens is 841 g/mol. The highest BCUT2D eigenvalue weighted by molar-refractivity contribution is 5.71. The molecule has 1 unspecified atom stereocenters. The molecule has 0 aromatic heterocycles. The van der Waals surface area contributed by atoms with Crippen LogP contribution >= 0.6 is 0 Å². The van der Waals surface area contributed by atoms with Crippen molar-refractivity contribution in [2.75, 3.05) is 13.2 Å². The maximum absolute atomic E-state index is 12.8. The van der Waals surface area contributed by atoms with Crippen molar-refractivity contribution in [1.29, 1.82) is 0 Å². The van der Waals surface area contributed by atoms with Crippen LogP contribution < -0.4 is 0 Å². The molecule has 0 aliphatic carbocycles. The Bertz CT molecular complexity index is 1360. The molecule has 0 aromatic carbocycles. The highest BCUT2D eigenvalue weighted by Gasteiger charge is 2.19. The Morgan fingerprint density at radius 2 is 0.603 bits per heavy atom. The van der Waals surface area contributed by atoms with Gasteiger partial charge in [-0.15, -0.1) is 0 Å². The first-order valence-electron chi connectivity index (χ1n) is 28.2. The third-order valence-corrected chi connectivity index (χ3v) is 11.8. The average Bonchev–Trinajstić information content (AvgIpc) is 3.34. The van der Waals surface area contributed by atoms with Gasteiger partial charge in [-0.1, -0.05) is 227 Å². The lowest BCUT2D eigenvalue weighted by Gasteiger charge is -2.18. The van der Waals surface area contributed by atoms with E-state index < -0.39 is 6.10 Å². The van der Waals surface area contributed by atoms with Crippen LogP contribution in [0.1, 0.15) is 258 Å². The van der Waals surface area contributed by atoms with Crippen molar-refractivity contribution < 1.29 is 28.6 Å². The number of hydrogen-bond acceptors (Lipinski definition) is 6. The van der Waals surface area contributed by atoms with Crippen LogP contribution in [-0.2, 0) is 28.6 Å². The molecule has 0 amide bonds. The van der Waals surface area contributed by atoms with Crippen LogP contribution in [0.5, 0.6) is 0 Å². The van der Waals surface area contributed by atoms with Crippen LogP contribution in [0, 0.1) is 0 Å². The van der Waals surface area contributed by atoms with E-state index in [1.54, 1.807) is 0 Å². The molecule has 0 saturated carbocycles. The Kier molecular flexibility index (Phi) is 52.9. The van der Waals surface area contributed by atoms with Gasteiger partial charge in [-0.25, -0.2) is 0 Å². The summed E-state index contributed by atoms with van der Waals surface area (Å²) < 4.78 is 16.8. The number of ether oxygens (including phenoxy) is 3. The van der Waals surface area contributed by atoms with Crippen LogP contribution in [0.4, 0.5) is 0 Å². The van der Waals surface area contributed by atoms with Gasteiger partial charge in [0.2, 0.25) is 0 Å². The maximum Gasteiger partial charge on any atom is 0.306 e. The first-order valence-corrected chi connectivity index (χ1v) is 28.2. The van der Waals surface area contributed by atoms with E-state index in [4.69, 9.17) is 14.2 Å². The largest absolute Gasteiger partial charge is 0.462 e. The van der Waals surface area contributed by atoms with Crippen LogP contribution in [0.15, 0.2) is 97.2 Å². The Labute approximate surface area is 419 Å². The number of rotatable bonds is 50. The summed E-state index contributed by atoms with van der Waals surface area (Å²) in [7, 11) is 0. The normalized spacial score (nSPS) is 12.8. The number of esters is 3. The maximum atomic E-state index is 12.8. The zero-order chi connectivity index (χ0) is 49.3. The summed E-state index contributed by atoms with van der Waals surface area (Å²) in [6.07, 6.45) is 74.0. The lowest BCUT2D eigenvalue weighted by molar-refractivity contribution is -0.166. The van der Waals surface area contributed by atoms with E-state index in [0.717, 1.165) is 89.9 Å². The van der Waals surface area contributed by atoms with Gasteiger partial charge in [0.1, 0.15) is 13.2 Å². The molecule has 0 saturated heterocycles. The molecule has 0 aromatic rings. The van der Waals surface area contributed by atoms with Crippen LogP contribution in [0.25, 0.3) is 0 Å². The smallest absolute Gasteiger partial charge is 0.306 e. The number of unbranched alkanes of at least 4 members (excludes halogenated alkanes) is 23. The Morgan fingerprint density at radius 3 is 0.985 bits per heavy atom. The van der Waals surface area contributed by atoms with E-state index in [1.807, 2.05) is 6.08 Å². The van der Waals surface area contributed by atoms with Gasteiger partial charge in [-0.05, 0) is 109 Å². The third-order valence-electron chi connectivity index (χ3n) is 11.8. The van der Waals surface area contributed by atoms with Gasteiger partial charge in [-0.2, -0.15) is 0 Å². The quantitative estimate of drug-likeness (QED) is 0.0262. The Morgan fingerprint density at radius 1 is 0.309 bits per heavy atom. The van der Waals surface area contributed by atoms with Gasteiger partial charge in [0, 0.05) is 19.3 Å². The minimum atomic E-state index is -0.814. The fourth-order valence-corrected chi connectivity index (χ4v) is 7.57. The van der Waals surface area contributed by atoms with E-state index in [-0.39, 0.29) is 37.5 Å². The number of carbonyl (C=O) groups excluding carboxylic acids is 3. The summed E-state index contributed by atoms with van der Waals surface area (Å²) in [5, 5.41) is 0. The van der Waals surface area contributed by atoms with Crippen molar-refractivity contribution in [2.24, 2.45) is 0 Å². The third kappa shape index (κ3) is 53.3. The van der Waals surface area contributed by atoms with Crippen molar-refractivity contribution >= 4 is 17.9 Å². The average molecular weight is 946 g/mol. The SMILES string of the molecule is CC/C=C\C/C=C\C/C=C\C/C=C\C/C=C\C/C=C\CCC(=O)OCC(COC(=O)CCCCCCC/C=C\CCCCCCC)OC(=O)CCCCCCCCC/C=C\CCCCCCCC. The molecule has 6 heteroatoms. The van der Waals surface area contributed by atoms with Crippen LogP contribution in [-0.4, -0.2) is 37.2 Å². The second kappa shape index (κ2) is 55.9. The molecule has 6 nitrogen and oxygen atoms in total. The van der Waals surface area contributed by atoms with Gasteiger partial charge in [0.15, 0.2) is 6.10 Å². The Hall–Kier alpha value is -3.67. The minimum absolute atomic E-state index is 0.107. The predicted octanol–water partition coefficient (Wildman–Crippen LogP) is 18.9. The van der Waals surface area contributed by atoms with E-state index >= 15 is 0 Å². The molecule has 0 N–H and O–H groups in total. The van der Waals surface area contributed by atoms with Crippen molar-refractivity contribution in [3.8, 4) is 0 Å². The zero-order valence-corrected chi connectivity index (χ0v) is 44.3. The van der Waals surface area contributed by atoms with Crippen LogP contribution in [0.2, 0.25) is 0 Å². The summed E-state index contributed by atoms with van der Waals surface area (Å²) in [4.78, 5) is 38.1. The van der Waals surface area contributed by atoms with Crippen molar-refractivity contribution in [3.05, 3.63) is 97.2 Å². The number of allylic oxidation sites excluding steroid dienone is 16. The molecule has 0 aliphatic heterocycles. The predicted molar refractivity (Wildman–Crippen MR) is 293 cm³/mol. The monoisotopic (exact) mass is 945 g/mol. The van der Waals surface area contributed by atoms with Gasteiger partial charge in [0.05, 0.1) is 0 Å². The topological polar surface area (TPSA) is 78.9 Å². The zero-order valence-electron chi connectivity index (χ0n) is 44.3. The summed E-state index contributed by atoms with van der Waals surface area (Å²) in [6, 6.07) is 0. The Balaban J connectivity index is 4.51. The molecule has 388 valence electrons. The highest BCUT2D eigenvalue weighted by atomic mass is 16.6. The lowest BCUT2D eigenvalue weighted by atomic mass is 10.1. The lowest BCUT2D eigenvalue weighted by Crippen LogP contribution is -2.30. The molecule has 0 radical (unpaired) electrons. The molecule has 0 heterocycles. The molecule has 0 rings (SSSR count). The number of carbonyl (C=O) groups is 3. The first-order chi connectivity index (χ1) is 33.5. The molecule has 68 heavy (non-hydrogen) atoms. The second-order valence-corrected chi connectivity index (χ2v) is 18.5. The highest BCUT2D eigenvalue weighted by Crippen LogP contribution is 2.14. The van der Waals surface area contributed by atoms with Crippen molar-refractivity contribution in [1.82, 2.24) is 0 Å².